The Balaban J connectivity index is 1.94. The smallest absolute Gasteiger partial charge is 0.300 e. The van der Waals surface area contributed by atoms with E-state index < -0.39 is 16.5 Å². The van der Waals surface area contributed by atoms with Crippen molar-refractivity contribution in [1.82, 2.24) is 0 Å². The molecule has 6 heteroatoms. The minimum atomic E-state index is -3.86. The summed E-state index contributed by atoms with van der Waals surface area (Å²) < 4.78 is 31.5. The van der Waals surface area contributed by atoms with Crippen molar-refractivity contribution in [2.75, 3.05) is 22.9 Å². The topological polar surface area (TPSA) is 49.9 Å². The summed E-state index contributed by atoms with van der Waals surface area (Å²) in [5, 5.41) is 0. The fourth-order valence-electron chi connectivity index (χ4n) is 3.22. The number of hydrogen-bond acceptors (Lipinski definition) is 5. The van der Waals surface area contributed by atoms with E-state index in [1.807, 2.05) is 47.9 Å². The highest BCUT2D eigenvalue weighted by atomic mass is 32.2. The van der Waals surface area contributed by atoms with Gasteiger partial charge in [0.1, 0.15) is 0 Å². The molecule has 0 aromatic heterocycles. The van der Waals surface area contributed by atoms with E-state index in [2.05, 4.69) is 6.92 Å². The molecular formula is C20H26N2O3S. The molecule has 0 radical (unpaired) electrons. The van der Waals surface area contributed by atoms with Crippen molar-refractivity contribution >= 4 is 21.5 Å². The van der Waals surface area contributed by atoms with Crippen LogP contribution in [0.1, 0.15) is 32.3 Å². The van der Waals surface area contributed by atoms with Gasteiger partial charge in [0.05, 0.1) is 16.3 Å². The summed E-state index contributed by atoms with van der Waals surface area (Å²) in [5.74, 6) is 0. The van der Waals surface area contributed by atoms with E-state index in [1.165, 1.54) is 0 Å². The van der Waals surface area contributed by atoms with E-state index in [4.69, 9.17) is 4.18 Å². The molecular weight excluding hydrogens is 348 g/mol. The fraction of sp³-hybridized carbons (Fsp3) is 0.400. The van der Waals surface area contributed by atoms with Gasteiger partial charge in [-0.25, -0.2) is 4.18 Å². The van der Waals surface area contributed by atoms with Crippen LogP contribution in [0, 0.1) is 6.92 Å². The Morgan fingerprint density at radius 3 is 2.15 bits per heavy atom. The third kappa shape index (κ3) is 3.57. The molecule has 3 rings (SSSR count). The lowest BCUT2D eigenvalue weighted by Gasteiger charge is -2.31. The third-order valence-corrected chi connectivity index (χ3v) is 5.92. The van der Waals surface area contributed by atoms with Crippen LogP contribution in [-0.2, 0) is 14.3 Å². The minimum absolute atomic E-state index is 0.186. The summed E-state index contributed by atoms with van der Waals surface area (Å²) in [6, 6.07) is 14.7. The lowest BCUT2D eigenvalue weighted by Crippen LogP contribution is -2.46. The first-order chi connectivity index (χ1) is 12.5. The van der Waals surface area contributed by atoms with Gasteiger partial charge < -0.3 is 9.80 Å². The van der Waals surface area contributed by atoms with Crippen LogP contribution in [0.25, 0.3) is 0 Å². The third-order valence-electron chi connectivity index (χ3n) is 4.65. The standard InChI is InChI=1S/C20H26N2O3S/c1-4-6-15-22-19-10-8-7-9-18(19)21(5-2)20(22)25-26(23,24)17-13-11-16(3)12-14-17/h7-14,20H,4-6,15H2,1-3H3. The first-order valence-corrected chi connectivity index (χ1v) is 10.5. The molecule has 1 heterocycles. The highest BCUT2D eigenvalue weighted by Gasteiger charge is 2.38. The van der Waals surface area contributed by atoms with Crippen molar-refractivity contribution in [3.8, 4) is 0 Å². The van der Waals surface area contributed by atoms with Gasteiger partial charge in [-0.3, -0.25) is 0 Å². The van der Waals surface area contributed by atoms with E-state index in [0.717, 1.165) is 36.3 Å². The van der Waals surface area contributed by atoms with Crippen molar-refractivity contribution in [2.24, 2.45) is 0 Å². The van der Waals surface area contributed by atoms with Crippen LogP contribution < -0.4 is 9.80 Å². The van der Waals surface area contributed by atoms with Crippen LogP contribution in [0.2, 0.25) is 0 Å². The molecule has 0 saturated carbocycles. The molecule has 0 saturated heterocycles. The lowest BCUT2D eigenvalue weighted by molar-refractivity contribution is 0.205. The number of fused-ring (bicyclic) bond motifs is 1. The predicted molar refractivity (Wildman–Crippen MR) is 105 cm³/mol. The van der Waals surface area contributed by atoms with E-state index in [-0.39, 0.29) is 4.90 Å². The monoisotopic (exact) mass is 374 g/mol. The number of aryl methyl sites for hydroxylation is 1. The van der Waals surface area contributed by atoms with E-state index >= 15 is 0 Å². The fourth-order valence-corrected chi connectivity index (χ4v) is 4.23. The van der Waals surface area contributed by atoms with Crippen molar-refractivity contribution in [2.45, 2.75) is 44.9 Å². The molecule has 1 atom stereocenters. The average molecular weight is 375 g/mol. The number of rotatable bonds is 7. The largest absolute Gasteiger partial charge is 0.326 e. The molecule has 140 valence electrons. The van der Waals surface area contributed by atoms with E-state index in [0.29, 0.717) is 6.54 Å². The quantitative estimate of drug-likeness (QED) is 0.682. The Kier molecular flexibility index (Phi) is 5.53. The van der Waals surface area contributed by atoms with Gasteiger partial charge in [-0.1, -0.05) is 43.2 Å². The van der Waals surface area contributed by atoms with Gasteiger partial charge in [-0.2, -0.15) is 8.42 Å². The summed E-state index contributed by atoms with van der Waals surface area (Å²) in [5.41, 5.74) is 3.04. The minimum Gasteiger partial charge on any atom is -0.326 e. The van der Waals surface area contributed by atoms with Gasteiger partial charge in [0.2, 0.25) is 6.35 Å². The van der Waals surface area contributed by atoms with Crippen LogP contribution in [0.4, 0.5) is 11.4 Å². The molecule has 1 unspecified atom stereocenters. The molecule has 1 aliphatic rings. The number of para-hydroxylation sites is 2. The maximum absolute atomic E-state index is 12.9. The normalized spacial score (nSPS) is 16.8. The van der Waals surface area contributed by atoms with Crippen molar-refractivity contribution in [3.63, 3.8) is 0 Å². The predicted octanol–water partition coefficient (Wildman–Crippen LogP) is 4.13. The Morgan fingerprint density at radius 1 is 0.962 bits per heavy atom. The van der Waals surface area contributed by atoms with Crippen molar-refractivity contribution < 1.29 is 12.6 Å². The number of hydrogen-bond donors (Lipinski definition) is 0. The van der Waals surface area contributed by atoms with E-state index in [9.17, 15) is 8.42 Å². The summed E-state index contributed by atoms with van der Waals surface area (Å²) in [7, 11) is -3.86. The zero-order valence-electron chi connectivity index (χ0n) is 15.6. The Hall–Kier alpha value is -2.05. The first kappa shape index (κ1) is 18.7. The zero-order chi connectivity index (χ0) is 18.7. The van der Waals surface area contributed by atoms with Gasteiger partial charge in [-0.15, -0.1) is 0 Å². The molecule has 1 aliphatic heterocycles. The molecule has 0 spiro atoms. The van der Waals surface area contributed by atoms with Gasteiger partial charge >= 0.3 is 0 Å². The second-order valence-corrected chi connectivity index (χ2v) is 8.08. The number of benzene rings is 2. The van der Waals surface area contributed by atoms with E-state index in [1.54, 1.807) is 24.3 Å². The summed E-state index contributed by atoms with van der Waals surface area (Å²) in [6.07, 6.45) is 1.34. The molecule has 0 aliphatic carbocycles. The van der Waals surface area contributed by atoms with Crippen LogP contribution in [0.5, 0.6) is 0 Å². The second kappa shape index (κ2) is 7.68. The zero-order valence-corrected chi connectivity index (χ0v) is 16.4. The summed E-state index contributed by atoms with van der Waals surface area (Å²) >= 11 is 0. The van der Waals surface area contributed by atoms with Crippen LogP contribution in [-0.4, -0.2) is 27.9 Å². The Bertz CT molecular complexity index is 850. The first-order valence-electron chi connectivity index (χ1n) is 9.10. The number of anilines is 2. The maximum Gasteiger partial charge on any atom is 0.300 e. The Labute approximate surface area is 156 Å². The molecule has 0 amide bonds. The summed E-state index contributed by atoms with van der Waals surface area (Å²) in [4.78, 5) is 4.23. The molecule has 0 fully saturated rings. The molecule has 5 nitrogen and oxygen atoms in total. The molecule has 2 aromatic carbocycles. The molecule has 2 aromatic rings. The van der Waals surface area contributed by atoms with Gasteiger partial charge in [-0.05, 0) is 44.5 Å². The number of unbranched alkanes of at least 4 members (excludes halogenated alkanes) is 1. The van der Waals surface area contributed by atoms with Gasteiger partial charge in [0, 0.05) is 13.1 Å². The van der Waals surface area contributed by atoms with Crippen molar-refractivity contribution in [3.05, 3.63) is 54.1 Å². The van der Waals surface area contributed by atoms with Gasteiger partial charge in [0.15, 0.2) is 0 Å². The highest BCUT2D eigenvalue weighted by molar-refractivity contribution is 7.86. The second-order valence-electron chi connectivity index (χ2n) is 6.51. The van der Waals surface area contributed by atoms with Crippen LogP contribution in [0.15, 0.2) is 53.4 Å². The van der Waals surface area contributed by atoms with Crippen molar-refractivity contribution in [1.29, 1.82) is 0 Å². The highest BCUT2D eigenvalue weighted by Crippen LogP contribution is 2.40. The summed E-state index contributed by atoms with van der Waals surface area (Å²) in [6.45, 7) is 7.47. The maximum atomic E-state index is 12.9. The Morgan fingerprint density at radius 2 is 1.58 bits per heavy atom. The SMILES string of the molecule is CCCCN1c2ccccc2N(CC)C1OS(=O)(=O)c1ccc(C)cc1. The van der Waals surface area contributed by atoms with Crippen LogP contribution >= 0.6 is 0 Å². The lowest BCUT2D eigenvalue weighted by atomic mass is 10.2. The molecule has 0 bridgehead atoms. The number of nitrogens with zero attached hydrogens (tertiary/aromatic N) is 2. The molecule has 26 heavy (non-hydrogen) atoms. The molecule has 0 N–H and O–H groups in total. The van der Waals surface area contributed by atoms with Crippen LogP contribution in [0.3, 0.4) is 0 Å². The van der Waals surface area contributed by atoms with Gasteiger partial charge in [0.25, 0.3) is 10.1 Å². The average Bonchev–Trinajstić information content (AvgIpc) is 2.92.